The number of aliphatic hydroxyl groups is 1. The fourth-order valence-electron chi connectivity index (χ4n) is 4.23. The Morgan fingerprint density at radius 2 is 1.97 bits per heavy atom. The summed E-state index contributed by atoms with van der Waals surface area (Å²) in [6, 6.07) is 14.3. The van der Waals surface area contributed by atoms with Gasteiger partial charge < -0.3 is 10.3 Å². The highest BCUT2D eigenvalue weighted by molar-refractivity contribution is 7.92. The molecule has 33 heavy (non-hydrogen) atoms. The zero-order valence-electron chi connectivity index (χ0n) is 19.2. The van der Waals surface area contributed by atoms with Gasteiger partial charge in [0.05, 0.1) is 10.6 Å². The predicted octanol–water partition coefficient (Wildman–Crippen LogP) is 4.39. The third-order valence-electron chi connectivity index (χ3n) is 6.14. The summed E-state index contributed by atoms with van der Waals surface area (Å²) in [4.78, 5) is 0.259. The average molecular weight is 469 g/mol. The van der Waals surface area contributed by atoms with Crippen molar-refractivity contribution >= 4 is 21.9 Å². The third kappa shape index (κ3) is 5.54. The molecule has 176 valence electrons. The summed E-state index contributed by atoms with van der Waals surface area (Å²) < 4.78 is 29.0. The Balaban J connectivity index is 1.80. The first-order chi connectivity index (χ1) is 15.8. The molecule has 6 nitrogen and oxygen atoms in total. The number of anilines is 1. The van der Waals surface area contributed by atoms with Crippen molar-refractivity contribution in [3.8, 4) is 0 Å². The Kier molecular flexibility index (Phi) is 8.10. The molecule has 2 unspecified atom stereocenters. The highest BCUT2D eigenvalue weighted by Crippen LogP contribution is 2.40. The number of sulfonamides is 1. The highest BCUT2D eigenvalue weighted by atomic mass is 32.2. The lowest BCUT2D eigenvalue weighted by Crippen LogP contribution is -2.30. The molecule has 7 heteroatoms. The van der Waals surface area contributed by atoms with E-state index in [0.717, 1.165) is 21.4 Å². The van der Waals surface area contributed by atoms with Crippen LogP contribution in [0.15, 0.2) is 77.7 Å². The number of hydrogen-bond acceptors (Lipinski definition) is 4. The molecule has 0 aromatic heterocycles. The number of aliphatic hydroxyl groups excluding tert-OH is 1. The van der Waals surface area contributed by atoms with Gasteiger partial charge in [0.1, 0.15) is 0 Å². The van der Waals surface area contributed by atoms with Crippen molar-refractivity contribution in [2.45, 2.75) is 37.5 Å². The van der Waals surface area contributed by atoms with E-state index in [0.29, 0.717) is 18.5 Å². The maximum absolute atomic E-state index is 13.4. The first kappa shape index (κ1) is 24.7. The van der Waals surface area contributed by atoms with Crippen LogP contribution in [0, 0.1) is 18.0 Å². The van der Waals surface area contributed by atoms with Gasteiger partial charge in [-0.05, 0) is 49.6 Å². The van der Waals surface area contributed by atoms with Gasteiger partial charge in [0.15, 0.2) is 12.8 Å². The molecule has 1 N–H and O–H groups in total. The van der Waals surface area contributed by atoms with Gasteiger partial charge in [-0.2, -0.15) is 0 Å². The molecule has 2 atom stereocenters. The van der Waals surface area contributed by atoms with Crippen LogP contribution in [0.25, 0.3) is 0 Å². The molecular formula is C26H32N2O4S. The molecule has 0 saturated carbocycles. The molecule has 0 spiro atoms. The molecule has 0 radical (unpaired) electrons. The number of para-hydroxylation sites is 1. The zero-order chi connectivity index (χ0) is 24.0. The lowest BCUT2D eigenvalue weighted by molar-refractivity contribution is -0.445. The second-order valence-electron chi connectivity index (χ2n) is 8.32. The van der Waals surface area contributed by atoms with Crippen LogP contribution in [0.1, 0.15) is 36.8 Å². The van der Waals surface area contributed by atoms with Gasteiger partial charge in [-0.15, -0.1) is 6.58 Å². The first-order valence-electron chi connectivity index (χ1n) is 11.2. The number of allylic oxidation sites excluding steroid dienone is 2. The van der Waals surface area contributed by atoms with Crippen LogP contribution in [0.3, 0.4) is 0 Å². The van der Waals surface area contributed by atoms with Gasteiger partial charge >= 0.3 is 0 Å². The summed E-state index contributed by atoms with van der Waals surface area (Å²) in [5.74, 6) is -0.160. The SMILES string of the molecule is C=CC(CCO)/C(=C/C)C/[N+]([O-])=C\CC1CN(S(=O)(=O)c2ccc(C)cc2)c2ccccc21. The van der Waals surface area contributed by atoms with Gasteiger partial charge in [-0.25, -0.2) is 13.2 Å². The number of aryl methyl sites for hydroxylation is 1. The van der Waals surface area contributed by atoms with Crippen molar-refractivity contribution < 1.29 is 18.3 Å². The van der Waals surface area contributed by atoms with E-state index in [-0.39, 0.29) is 36.4 Å². The van der Waals surface area contributed by atoms with Crippen LogP contribution >= 0.6 is 0 Å². The van der Waals surface area contributed by atoms with Gasteiger partial charge in [-0.1, -0.05) is 48.0 Å². The average Bonchev–Trinajstić information content (AvgIpc) is 3.20. The summed E-state index contributed by atoms with van der Waals surface area (Å²) in [5, 5.41) is 21.9. The minimum Gasteiger partial charge on any atom is -0.624 e. The van der Waals surface area contributed by atoms with E-state index in [4.69, 9.17) is 0 Å². The van der Waals surface area contributed by atoms with Gasteiger partial charge in [0.2, 0.25) is 0 Å². The van der Waals surface area contributed by atoms with Crippen LogP contribution in [-0.2, 0) is 10.0 Å². The summed E-state index contributed by atoms with van der Waals surface area (Å²) in [7, 11) is -3.70. The molecular weight excluding hydrogens is 436 g/mol. The largest absolute Gasteiger partial charge is 0.624 e. The van der Waals surface area contributed by atoms with Crippen LogP contribution in [0.2, 0.25) is 0 Å². The van der Waals surface area contributed by atoms with Crippen molar-refractivity contribution in [1.29, 1.82) is 0 Å². The fraction of sp³-hybridized carbons (Fsp3) is 0.346. The second-order valence-corrected chi connectivity index (χ2v) is 10.2. The molecule has 0 aliphatic carbocycles. The first-order valence-corrected chi connectivity index (χ1v) is 12.6. The van der Waals surface area contributed by atoms with E-state index in [1.807, 2.05) is 44.2 Å². The summed E-state index contributed by atoms with van der Waals surface area (Å²) >= 11 is 0. The Labute approximate surface area is 196 Å². The number of hydrogen-bond donors (Lipinski definition) is 1. The monoisotopic (exact) mass is 468 g/mol. The topological polar surface area (TPSA) is 83.7 Å². The number of hydroxylamine groups is 1. The van der Waals surface area contributed by atoms with Crippen LogP contribution in [-0.4, -0.2) is 44.2 Å². The van der Waals surface area contributed by atoms with E-state index in [2.05, 4.69) is 6.58 Å². The molecule has 1 aliphatic heterocycles. The van der Waals surface area contributed by atoms with E-state index < -0.39 is 10.0 Å². The summed E-state index contributed by atoms with van der Waals surface area (Å²) in [5.41, 5.74) is 3.49. The lowest BCUT2D eigenvalue weighted by Gasteiger charge is -2.20. The predicted molar refractivity (Wildman–Crippen MR) is 133 cm³/mol. The van der Waals surface area contributed by atoms with Crippen LogP contribution in [0.4, 0.5) is 5.69 Å². The van der Waals surface area contributed by atoms with E-state index in [9.17, 15) is 18.7 Å². The van der Waals surface area contributed by atoms with Crippen molar-refractivity contribution in [1.82, 2.24) is 0 Å². The van der Waals surface area contributed by atoms with Crippen molar-refractivity contribution in [2.24, 2.45) is 5.92 Å². The number of nitrogens with zero attached hydrogens (tertiary/aromatic N) is 2. The molecule has 3 rings (SSSR count). The number of rotatable bonds is 10. The minimum atomic E-state index is -3.70. The highest BCUT2D eigenvalue weighted by Gasteiger charge is 2.36. The van der Waals surface area contributed by atoms with Crippen LogP contribution in [0.5, 0.6) is 0 Å². The lowest BCUT2D eigenvalue weighted by atomic mass is 9.95. The Morgan fingerprint density at radius 1 is 1.27 bits per heavy atom. The molecule has 1 aliphatic rings. The van der Waals surface area contributed by atoms with Gasteiger partial charge in [-0.3, -0.25) is 4.31 Å². The maximum atomic E-state index is 13.4. The molecule has 1 heterocycles. The molecule has 2 aromatic carbocycles. The molecule has 0 fully saturated rings. The van der Waals surface area contributed by atoms with E-state index in [1.54, 1.807) is 36.6 Å². The Morgan fingerprint density at radius 3 is 2.61 bits per heavy atom. The molecule has 0 amide bonds. The smallest absolute Gasteiger partial charge is 0.264 e. The van der Waals surface area contributed by atoms with Gasteiger partial charge in [0, 0.05) is 31.4 Å². The maximum Gasteiger partial charge on any atom is 0.264 e. The minimum absolute atomic E-state index is 0.0285. The molecule has 2 aromatic rings. The standard InChI is InChI=1S/C26H32N2O4S/c1-4-21(15-17-29)22(5-2)18-27(30)16-14-23-19-28(26-9-7-6-8-25(23)26)33(31,32)24-12-10-20(3)11-13-24/h4-13,16,21,23,29H,1,14-15,17-19H2,2-3H3/b22-5+,27-16+. The zero-order valence-corrected chi connectivity index (χ0v) is 20.0. The van der Waals surface area contributed by atoms with E-state index in [1.165, 1.54) is 4.31 Å². The quantitative estimate of drug-likeness (QED) is 0.184. The van der Waals surface area contributed by atoms with Crippen molar-refractivity contribution in [3.63, 3.8) is 0 Å². The Hall–Kier alpha value is -2.90. The molecule has 0 bridgehead atoms. The molecule has 0 saturated heterocycles. The summed E-state index contributed by atoms with van der Waals surface area (Å²) in [6.07, 6.45) is 6.18. The fourth-order valence-corrected chi connectivity index (χ4v) is 5.76. The van der Waals surface area contributed by atoms with Crippen LogP contribution < -0.4 is 4.31 Å². The van der Waals surface area contributed by atoms with E-state index >= 15 is 0 Å². The number of fused-ring (bicyclic) bond motifs is 1. The number of benzene rings is 2. The van der Waals surface area contributed by atoms with Crippen molar-refractivity contribution in [2.75, 3.05) is 24.0 Å². The van der Waals surface area contributed by atoms with Gasteiger partial charge in [0.25, 0.3) is 10.0 Å². The summed E-state index contributed by atoms with van der Waals surface area (Å²) in [6.45, 7) is 8.10. The van der Waals surface area contributed by atoms with Crippen molar-refractivity contribution in [3.05, 3.63) is 89.2 Å². The normalized spacial score (nSPS) is 17.7. The second kappa shape index (κ2) is 10.8. The Bertz CT molecular complexity index is 1140. The third-order valence-corrected chi connectivity index (χ3v) is 7.94.